The second-order valence-electron chi connectivity index (χ2n) is 5.73. The number of amides is 2. The molecule has 1 unspecified atom stereocenters. The molecule has 4 nitrogen and oxygen atoms in total. The van der Waals surface area contributed by atoms with Crippen molar-refractivity contribution in [3.63, 3.8) is 0 Å². The Morgan fingerprint density at radius 3 is 2.55 bits per heavy atom. The molecular weight excluding hydrogens is 344 g/mol. The van der Waals surface area contributed by atoms with Crippen molar-refractivity contribution in [2.75, 3.05) is 18.0 Å². The maximum absolute atomic E-state index is 12.6. The predicted molar refractivity (Wildman–Crippen MR) is 91.8 cm³/mol. The van der Waals surface area contributed by atoms with Gasteiger partial charge in [-0.25, -0.2) is 0 Å². The first kappa shape index (κ1) is 17.0. The van der Waals surface area contributed by atoms with E-state index in [2.05, 4.69) is 22.9 Å². The summed E-state index contributed by atoms with van der Waals surface area (Å²) < 4.78 is 0.952. The van der Waals surface area contributed by atoms with Crippen molar-refractivity contribution in [2.45, 2.75) is 45.6 Å². The van der Waals surface area contributed by atoms with Crippen LogP contribution < -0.4 is 4.90 Å². The third-order valence-corrected chi connectivity index (χ3v) is 4.76. The summed E-state index contributed by atoms with van der Waals surface area (Å²) >= 11 is 3.38. The SMILES string of the molecule is CCC1CCCCN1C(=O)CN(C(C)=O)c1ccc(Br)cc1. The quantitative estimate of drug-likeness (QED) is 0.816. The highest BCUT2D eigenvalue weighted by Crippen LogP contribution is 2.22. The molecule has 1 aliphatic rings. The molecule has 1 saturated heterocycles. The van der Waals surface area contributed by atoms with Gasteiger partial charge in [-0.05, 0) is 49.9 Å². The molecule has 1 fully saturated rings. The van der Waals surface area contributed by atoms with Gasteiger partial charge < -0.3 is 9.80 Å². The highest BCUT2D eigenvalue weighted by atomic mass is 79.9. The highest BCUT2D eigenvalue weighted by molar-refractivity contribution is 9.10. The van der Waals surface area contributed by atoms with E-state index in [1.807, 2.05) is 29.2 Å². The van der Waals surface area contributed by atoms with Crippen LogP contribution in [0.25, 0.3) is 0 Å². The lowest BCUT2D eigenvalue weighted by molar-refractivity contribution is -0.134. The van der Waals surface area contributed by atoms with Gasteiger partial charge in [0.2, 0.25) is 11.8 Å². The van der Waals surface area contributed by atoms with Gasteiger partial charge in [-0.15, -0.1) is 0 Å². The molecule has 5 heteroatoms. The maximum Gasteiger partial charge on any atom is 0.242 e. The number of halogens is 1. The Hall–Kier alpha value is -1.36. The molecule has 1 heterocycles. The molecule has 2 amide bonds. The Morgan fingerprint density at radius 1 is 1.27 bits per heavy atom. The number of piperidine rings is 1. The lowest BCUT2D eigenvalue weighted by atomic mass is 10.00. The van der Waals surface area contributed by atoms with E-state index < -0.39 is 0 Å². The zero-order chi connectivity index (χ0) is 16.1. The Labute approximate surface area is 140 Å². The van der Waals surface area contributed by atoms with E-state index in [9.17, 15) is 9.59 Å². The standard InChI is InChI=1S/C17H23BrN2O2/c1-3-15-6-4-5-11-19(15)17(22)12-20(13(2)21)16-9-7-14(18)8-10-16/h7-10,15H,3-6,11-12H2,1-2H3. The van der Waals surface area contributed by atoms with Crippen molar-refractivity contribution in [1.82, 2.24) is 4.90 Å². The molecule has 0 aromatic heterocycles. The van der Waals surface area contributed by atoms with E-state index in [4.69, 9.17) is 0 Å². The molecule has 0 bridgehead atoms. The Bertz CT molecular complexity index is 530. The van der Waals surface area contributed by atoms with Gasteiger partial charge in [-0.2, -0.15) is 0 Å². The van der Waals surface area contributed by atoms with Gasteiger partial charge in [0.25, 0.3) is 0 Å². The number of carbonyl (C=O) groups is 2. The zero-order valence-corrected chi connectivity index (χ0v) is 14.8. The molecular formula is C17H23BrN2O2. The van der Waals surface area contributed by atoms with Gasteiger partial charge in [0.1, 0.15) is 6.54 Å². The minimum atomic E-state index is -0.110. The van der Waals surface area contributed by atoms with Crippen LogP contribution in [0.15, 0.2) is 28.7 Å². The van der Waals surface area contributed by atoms with Crippen molar-refractivity contribution in [3.05, 3.63) is 28.7 Å². The van der Waals surface area contributed by atoms with Gasteiger partial charge in [0.05, 0.1) is 0 Å². The third-order valence-electron chi connectivity index (χ3n) is 4.23. The largest absolute Gasteiger partial charge is 0.338 e. The molecule has 0 saturated carbocycles. The summed E-state index contributed by atoms with van der Waals surface area (Å²) in [7, 11) is 0. The summed E-state index contributed by atoms with van der Waals surface area (Å²) in [5.74, 6) is -0.0644. The van der Waals surface area contributed by atoms with Gasteiger partial charge in [-0.3, -0.25) is 9.59 Å². The zero-order valence-electron chi connectivity index (χ0n) is 13.2. The molecule has 1 aliphatic heterocycles. The highest BCUT2D eigenvalue weighted by Gasteiger charge is 2.27. The first-order chi connectivity index (χ1) is 10.5. The van der Waals surface area contributed by atoms with Crippen LogP contribution in [0.1, 0.15) is 39.5 Å². The summed E-state index contributed by atoms with van der Waals surface area (Å²) in [5, 5.41) is 0. The lowest BCUT2D eigenvalue weighted by Crippen LogP contribution is -2.48. The van der Waals surface area contributed by atoms with E-state index >= 15 is 0 Å². The van der Waals surface area contributed by atoms with Gasteiger partial charge in [0, 0.05) is 29.7 Å². The topological polar surface area (TPSA) is 40.6 Å². The van der Waals surface area contributed by atoms with E-state index in [1.54, 1.807) is 4.90 Å². The normalized spacial score (nSPS) is 18.1. The summed E-state index contributed by atoms with van der Waals surface area (Å²) in [6, 6.07) is 7.79. The Balaban J connectivity index is 2.11. The molecule has 1 atom stereocenters. The van der Waals surface area contributed by atoms with Gasteiger partial charge >= 0.3 is 0 Å². The van der Waals surface area contributed by atoms with Crippen LogP contribution in [0, 0.1) is 0 Å². The number of benzene rings is 1. The smallest absolute Gasteiger partial charge is 0.242 e. The molecule has 1 aromatic rings. The molecule has 120 valence electrons. The third kappa shape index (κ3) is 4.09. The van der Waals surface area contributed by atoms with Crippen molar-refractivity contribution in [3.8, 4) is 0 Å². The van der Waals surface area contributed by atoms with Crippen molar-refractivity contribution in [1.29, 1.82) is 0 Å². The van der Waals surface area contributed by atoms with E-state index in [1.165, 1.54) is 13.3 Å². The average Bonchev–Trinajstić information content (AvgIpc) is 2.53. The van der Waals surface area contributed by atoms with Crippen molar-refractivity contribution >= 4 is 33.4 Å². The van der Waals surface area contributed by atoms with E-state index in [0.29, 0.717) is 6.04 Å². The number of hydrogen-bond donors (Lipinski definition) is 0. The summed E-state index contributed by atoms with van der Waals surface area (Å²) in [5.41, 5.74) is 0.758. The molecule has 0 N–H and O–H groups in total. The monoisotopic (exact) mass is 366 g/mol. The second-order valence-corrected chi connectivity index (χ2v) is 6.64. The summed E-state index contributed by atoms with van der Waals surface area (Å²) in [6.07, 6.45) is 4.29. The van der Waals surface area contributed by atoms with E-state index in [-0.39, 0.29) is 18.4 Å². The van der Waals surface area contributed by atoms with Crippen LogP contribution in [-0.4, -0.2) is 35.8 Å². The van der Waals surface area contributed by atoms with Crippen LogP contribution in [0.5, 0.6) is 0 Å². The van der Waals surface area contributed by atoms with Crippen LogP contribution in [0.3, 0.4) is 0 Å². The number of hydrogen-bond acceptors (Lipinski definition) is 2. The summed E-state index contributed by atoms with van der Waals surface area (Å²) in [4.78, 5) is 28.1. The Morgan fingerprint density at radius 2 is 1.95 bits per heavy atom. The first-order valence-corrected chi connectivity index (χ1v) is 8.65. The number of nitrogens with zero attached hydrogens (tertiary/aromatic N) is 2. The molecule has 0 spiro atoms. The first-order valence-electron chi connectivity index (χ1n) is 7.86. The van der Waals surface area contributed by atoms with E-state index in [0.717, 1.165) is 36.0 Å². The van der Waals surface area contributed by atoms with Gasteiger partial charge in [-0.1, -0.05) is 22.9 Å². The van der Waals surface area contributed by atoms with Crippen LogP contribution in [-0.2, 0) is 9.59 Å². The lowest BCUT2D eigenvalue weighted by Gasteiger charge is -2.36. The number of rotatable bonds is 4. The molecule has 0 aliphatic carbocycles. The molecule has 22 heavy (non-hydrogen) atoms. The molecule has 2 rings (SSSR count). The molecule has 1 aromatic carbocycles. The van der Waals surface area contributed by atoms with Gasteiger partial charge in [0.15, 0.2) is 0 Å². The number of carbonyl (C=O) groups excluding carboxylic acids is 2. The predicted octanol–water partition coefficient (Wildman–Crippen LogP) is 3.59. The van der Waals surface area contributed by atoms with Crippen molar-refractivity contribution < 1.29 is 9.59 Å². The number of anilines is 1. The van der Waals surface area contributed by atoms with Crippen molar-refractivity contribution in [2.24, 2.45) is 0 Å². The van der Waals surface area contributed by atoms with Crippen LogP contribution in [0.4, 0.5) is 5.69 Å². The Kier molecular flexibility index (Phi) is 6.00. The van der Waals surface area contributed by atoms with Crippen LogP contribution >= 0.6 is 15.9 Å². The van der Waals surface area contributed by atoms with Crippen LogP contribution in [0.2, 0.25) is 0 Å². The minimum Gasteiger partial charge on any atom is -0.338 e. The number of likely N-dealkylation sites (tertiary alicyclic amines) is 1. The minimum absolute atomic E-state index is 0.0460. The fourth-order valence-electron chi connectivity index (χ4n) is 2.98. The fraction of sp³-hybridized carbons (Fsp3) is 0.529. The average molecular weight is 367 g/mol. The fourth-order valence-corrected chi connectivity index (χ4v) is 3.25. The maximum atomic E-state index is 12.6. The molecule has 0 radical (unpaired) electrons. The summed E-state index contributed by atoms with van der Waals surface area (Å²) in [6.45, 7) is 4.55. The second kappa shape index (κ2) is 7.77.